The zero-order valence-corrected chi connectivity index (χ0v) is 16.6. The smallest absolute Gasteiger partial charge is 0.243 e. The molecular weight excluding hydrogens is 422 g/mol. The Morgan fingerprint density at radius 2 is 1.54 bits per heavy atom. The highest BCUT2D eigenvalue weighted by molar-refractivity contribution is 9.10. The van der Waals surface area contributed by atoms with Gasteiger partial charge in [-0.1, -0.05) is 28.1 Å². The van der Waals surface area contributed by atoms with Crippen LogP contribution >= 0.6 is 15.9 Å². The average Bonchev–Trinajstić information content (AvgIpc) is 2.56. The fourth-order valence-corrected chi connectivity index (χ4v) is 3.55. The maximum atomic E-state index is 12.5. The van der Waals surface area contributed by atoms with Crippen LogP contribution in [0.25, 0.3) is 0 Å². The lowest BCUT2D eigenvalue weighted by Crippen LogP contribution is -2.35. The molecule has 0 heterocycles. The molecule has 0 spiro atoms. The van der Waals surface area contributed by atoms with Crippen LogP contribution < -0.4 is 10.6 Å². The molecule has 0 aliphatic rings. The first kappa shape index (κ1) is 20.1. The molecule has 0 saturated heterocycles. The Bertz CT molecular complexity index is 914. The Labute approximate surface area is 160 Å². The van der Waals surface area contributed by atoms with Gasteiger partial charge in [0.25, 0.3) is 0 Å². The van der Waals surface area contributed by atoms with E-state index in [-0.39, 0.29) is 17.3 Å². The number of hydrogen-bond donors (Lipinski definition) is 2. The minimum atomic E-state index is -3.79. The van der Waals surface area contributed by atoms with Gasteiger partial charge in [0.1, 0.15) is 0 Å². The molecule has 0 fully saturated rings. The van der Waals surface area contributed by atoms with Gasteiger partial charge in [-0.2, -0.15) is 4.31 Å². The maximum Gasteiger partial charge on any atom is 0.243 e. The van der Waals surface area contributed by atoms with E-state index in [9.17, 15) is 18.0 Å². The predicted octanol–water partition coefficient (Wildman–Crippen LogP) is 2.67. The lowest BCUT2D eigenvalue weighted by Gasteiger charge is -2.18. The standard InChI is InChI=1S/C17H18BrN3O4S/c1-12(22)19-15-5-3-4-6-16(15)20-17(23)11-21(2)26(24,25)14-9-7-13(18)8-10-14/h3-10H,11H2,1-2H3,(H,19,22)(H,20,23). The van der Waals surface area contributed by atoms with Gasteiger partial charge < -0.3 is 10.6 Å². The predicted molar refractivity (Wildman–Crippen MR) is 103 cm³/mol. The van der Waals surface area contributed by atoms with Crippen molar-refractivity contribution in [2.24, 2.45) is 0 Å². The number of para-hydroxylation sites is 2. The molecule has 0 bridgehead atoms. The summed E-state index contributed by atoms with van der Waals surface area (Å²) in [6.45, 7) is 0.990. The van der Waals surface area contributed by atoms with Gasteiger partial charge in [-0.05, 0) is 36.4 Å². The Morgan fingerprint density at radius 1 is 1.00 bits per heavy atom. The van der Waals surface area contributed by atoms with Crippen LogP contribution in [-0.2, 0) is 19.6 Å². The Balaban J connectivity index is 2.10. The minimum Gasteiger partial charge on any atom is -0.325 e. The van der Waals surface area contributed by atoms with Gasteiger partial charge in [-0.3, -0.25) is 9.59 Å². The van der Waals surface area contributed by atoms with Gasteiger partial charge in [-0.15, -0.1) is 0 Å². The topological polar surface area (TPSA) is 95.6 Å². The third-order valence-electron chi connectivity index (χ3n) is 3.40. The molecule has 2 aromatic rings. The SMILES string of the molecule is CC(=O)Nc1ccccc1NC(=O)CN(C)S(=O)(=O)c1ccc(Br)cc1. The van der Waals surface area contributed by atoms with E-state index in [2.05, 4.69) is 26.6 Å². The normalized spacial score (nSPS) is 11.2. The number of sulfonamides is 1. The number of halogens is 1. The number of amides is 2. The molecule has 0 unspecified atom stereocenters. The highest BCUT2D eigenvalue weighted by Gasteiger charge is 2.23. The molecule has 0 atom stereocenters. The second-order valence-electron chi connectivity index (χ2n) is 5.49. The van der Waals surface area contributed by atoms with Crippen LogP contribution in [0.15, 0.2) is 57.9 Å². The van der Waals surface area contributed by atoms with Gasteiger partial charge in [0, 0.05) is 18.4 Å². The Morgan fingerprint density at radius 3 is 2.08 bits per heavy atom. The highest BCUT2D eigenvalue weighted by atomic mass is 79.9. The van der Waals surface area contributed by atoms with E-state index in [1.165, 1.54) is 26.1 Å². The van der Waals surface area contributed by atoms with Crippen molar-refractivity contribution in [3.05, 3.63) is 53.0 Å². The summed E-state index contributed by atoms with van der Waals surface area (Å²) in [5.41, 5.74) is 0.828. The molecule has 0 aromatic heterocycles. The molecule has 2 rings (SSSR count). The lowest BCUT2D eigenvalue weighted by atomic mass is 10.2. The molecule has 0 aliphatic heterocycles. The van der Waals surface area contributed by atoms with Crippen LogP contribution in [0.4, 0.5) is 11.4 Å². The second kappa shape index (κ2) is 8.43. The third kappa shape index (κ3) is 5.13. The first-order valence-corrected chi connectivity index (χ1v) is 9.82. The van der Waals surface area contributed by atoms with Gasteiger partial charge in [-0.25, -0.2) is 8.42 Å². The zero-order valence-electron chi connectivity index (χ0n) is 14.2. The zero-order chi connectivity index (χ0) is 19.3. The molecular formula is C17H18BrN3O4S. The van der Waals surface area contributed by atoms with Gasteiger partial charge in [0.15, 0.2) is 0 Å². The van der Waals surface area contributed by atoms with Crippen LogP contribution in [0.1, 0.15) is 6.92 Å². The largest absolute Gasteiger partial charge is 0.325 e. The number of anilines is 2. The first-order chi connectivity index (χ1) is 12.2. The number of rotatable bonds is 6. The van der Waals surface area contributed by atoms with Crippen molar-refractivity contribution in [2.45, 2.75) is 11.8 Å². The summed E-state index contributed by atoms with van der Waals surface area (Å²) in [7, 11) is -2.46. The van der Waals surface area contributed by atoms with Gasteiger partial charge in [0.2, 0.25) is 21.8 Å². The maximum absolute atomic E-state index is 12.5. The summed E-state index contributed by atoms with van der Waals surface area (Å²) in [6, 6.07) is 12.8. The van der Waals surface area contributed by atoms with Crippen LogP contribution in [0.2, 0.25) is 0 Å². The van der Waals surface area contributed by atoms with Gasteiger partial charge in [0.05, 0.1) is 22.8 Å². The number of nitrogens with one attached hydrogen (secondary N) is 2. The second-order valence-corrected chi connectivity index (χ2v) is 8.45. The number of nitrogens with zero attached hydrogens (tertiary/aromatic N) is 1. The summed E-state index contributed by atoms with van der Waals surface area (Å²) in [4.78, 5) is 23.6. The van der Waals surface area contributed by atoms with Crippen molar-refractivity contribution in [1.82, 2.24) is 4.31 Å². The quantitative estimate of drug-likeness (QED) is 0.722. The summed E-state index contributed by atoms with van der Waals surface area (Å²) < 4.78 is 26.8. The van der Waals surface area contributed by atoms with Crippen LogP contribution in [-0.4, -0.2) is 38.1 Å². The molecule has 138 valence electrons. The average molecular weight is 440 g/mol. The number of benzene rings is 2. The fourth-order valence-electron chi connectivity index (χ4n) is 2.15. The van der Waals surface area contributed by atoms with E-state index >= 15 is 0 Å². The van der Waals surface area contributed by atoms with Crippen LogP contribution in [0.5, 0.6) is 0 Å². The molecule has 9 heteroatoms. The third-order valence-corrected chi connectivity index (χ3v) is 5.75. The highest BCUT2D eigenvalue weighted by Crippen LogP contribution is 2.21. The van der Waals surface area contributed by atoms with E-state index in [1.54, 1.807) is 36.4 Å². The molecule has 26 heavy (non-hydrogen) atoms. The number of carbonyl (C=O) groups excluding carboxylic acids is 2. The van der Waals surface area contributed by atoms with Crippen molar-refractivity contribution >= 4 is 49.1 Å². The Kier molecular flexibility index (Phi) is 6.52. The molecule has 0 aliphatic carbocycles. The first-order valence-electron chi connectivity index (χ1n) is 7.58. The van der Waals surface area contributed by atoms with E-state index < -0.39 is 15.9 Å². The van der Waals surface area contributed by atoms with Gasteiger partial charge >= 0.3 is 0 Å². The number of likely N-dealkylation sites (N-methyl/N-ethyl adjacent to an activating group) is 1. The molecule has 0 saturated carbocycles. The van der Waals surface area contributed by atoms with E-state index in [0.717, 1.165) is 8.78 Å². The molecule has 2 amide bonds. The molecule has 2 aromatic carbocycles. The summed E-state index contributed by atoms with van der Waals surface area (Å²) in [5.74, 6) is -0.798. The fraction of sp³-hybridized carbons (Fsp3) is 0.176. The van der Waals surface area contributed by atoms with Crippen molar-refractivity contribution in [3.63, 3.8) is 0 Å². The van der Waals surface area contributed by atoms with Crippen molar-refractivity contribution < 1.29 is 18.0 Å². The summed E-state index contributed by atoms with van der Waals surface area (Å²) in [6.07, 6.45) is 0. The number of hydrogen-bond acceptors (Lipinski definition) is 4. The molecule has 0 radical (unpaired) electrons. The van der Waals surface area contributed by atoms with E-state index in [0.29, 0.717) is 11.4 Å². The monoisotopic (exact) mass is 439 g/mol. The number of carbonyl (C=O) groups is 2. The molecule has 2 N–H and O–H groups in total. The minimum absolute atomic E-state index is 0.0923. The van der Waals surface area contributed by atoms with Crippen molar-refractivity contribution in [1.29, 1.82) is 0 Å². The lowest BCUT2D eigenvalue weighted by molar-refractivity contribution is -0.116. The van der Waals surface area contributed by atoms with Crippen LogP contribution in [0.3, 0.4) is 0 Å². The van der Waals surface area contributed by atoms with Crippen molar-refractivity contribution in [3.8, 4) is 0 Å². The summed E-state index contributed by atoms with van der Waals surface area (Å²) in [5, 5.41) is 5.22. The molecule has 7 nitrogen and oxygen atoms in total. The van der Waals surface area contributed by atoms with Crippen molar-refractivity contribution in [2.75, 3.05) is 24.2 Å². The van der Waals surface area contributed by atoms with E-state index in [4.69, 9.17) is 0 Å². The van der Waals surface area contributed by atoms with E-state index in [1.807, 2.05) is 0 Å². The summed E-state index contributed by atoms with van der Waals surface area (Å²) >= 11 is 3.25. The van der Waals surface area contributed by atoms with Crippen LogP contribution in [0, 0.1) is 0 Å². The Hall–Kier alpha value is -2.23.